The van der Waals surface area contributed by atoms with Crippen LogP contribution in [0.2, 0.25) is 5.02 Å². The van der Waals surface area contributed by atoms with Gasteiger partial charge in [0.2, 0.25) is 10.0 Å². The van der Waals surface area contributed by atoms with Crippen LogP contribution in [0.4, 0.5) is 0 Å². The van der Waals surface area contributed by atoms with Crippen molar-refractivity contribution < 1.29 is 13.5 Å². The monoisotopic (exact) mass is 339 g/mol. The van der Waals surface area contributed by atoms with Gasteiger partial charge in [-0.1, -0.05) is 35.9 Å². The van der Waals surface area contributed by atoms with Crippen LogP contribution in [0.15, 0.2) is 53.4 Å². The van der Waals surface area contributed by atoms with Crippen LogP contribution in [0.1, 0.15) is 23.7 Å². The summed E-state index contributed by atoms with van der Waals surface area (Å²) in [6.07, 6.45) is -0.496. The molecule has 0 saturated carbocycles. The summed E-state index contributed by atoms with van der Waals surface area (Å²) >= 11 is 5.87. The first-order valence-corrected chi connectivity index (χ1v) is 8.74. The number of aliphatic hydroxyl groups excluding tert-OH is 1. The zero-order chi connectivity index (χ0) is 16.2. The van der Waals surface area contributed by atoms with Gasteiger partial charge in [0, 0.05) is 11.6 Å². The van der Waals surface area contributed by atoms with E-state index in [4.69, 9.17) is 11.6 Å². The Hall–Kier alpha value is -1.40. The largest absolute Gasteiger partial charge is 0.388 e. The van der Waals surface area contributed by atoms with Crippen LogP contribution in [0.25, 0.3) is 0 Å². The van der Waals surface area contributed by atoms with Crippen LogP contribution in [0.3, 0.4) is 0 Å². The lowest BCUT2D eigenvalue weighted by Gasteiger charge is -2.12. The van der Waals surface area contributed by atoms with E-state index in [1.54, 1.807) is 42.5 Å². The van der Waals surface area contributed by atoms with Crippen LogP contribution in [0, 0.1) is 6.92 Å². The third kappa shape index (κ3) is 4.55. The minimum absolute atomic E-state index is 0.143. The fourth-order valence-corrected chi connectivity index (χ4v) is 3.43. The summed E-state index contributed by atoms with van der Waals surface area (Å²) in [6, 6.07) is 13.6. The van der Waals surface area contributed by atoms with Crippen molar-refractivity contribution in [3.63, 3.8) is 0 Å². The molecule has 0 aliphatic carbocycles. The molecule has 0 aromatic heterocycles. The Kier molecular flexibility index (Phi) is 5.58. The molecule has 6 heteroatoms. The highest BCUT2D eigenvalue weighted by Gasteiger charge is 2.15. The molecule has 0 aliphatic rings. The van der Waals surface area contributed by atoms with Crippen LogP contribution in [-0.2, 0) is 10.0 Å². The number of nitrogens with one attached hydrogen (secondary N) is 1. The highest BCUT2D eigenvalue weighted by Crippen LogP contribution is 2.20. The zero-order valence-corrected chi connectivity index (χ0v) is 13.7. The van der Waals surface area contributed by atoms with E-state index in [1.807, 2.05) is 13.0 Å². The molecule has 2 aromatic rings. The Morgan fingerprint density at radius 1 is 1.18 bits per heavy atom. The Labute approximate surface area is 135 Å². The van der Waals surface area contributed by atoms with Gasteiger partial charge in [-0.3, -0.25) is 0 Å². The van der Waals surface area contributed by atoms with Crippen LogP contribution < -0.4 is 4.72 Å². The van der Waals surface area contributed by atoms with Gasteiger partial charge in [0.1, 0.15) is 0 Å². The van der Waals surface area contributed by atoms with E-state index in [0.29, 0.717) is 10.6 Å². The molecule has 0 spiro atoms. The van der Waals surface area contributed by atoms with Crippen molar-refractivity contribution in [1.29, 1.82) is 0 Å². The maximum Gasteiger partial charge on any atom is 0.240 e. The molecule has 0 fully saturated rings. The van der Waals surface area contributed by atoms with Crippen LogP contribution in [0.5, 0.6) is 0 Å². The van der Waals surface area contributed by atoms with E-state index >= 15 is 0 Å². The Balaban J connectivity index is 1.95. The van der Waals surface area contributed by atoms with Gasteiger partial charge in [-0.15, -0.1) is 0 Å². The van der Waals surface area contributed by atoms with Crippen molar-refractivity contribution in [1.82, 2.24) is 4.72 Å². The molecule has 0 radical (unpaired) electrons. The molecule has 1 atom stereocenters. The van der Waals surface area contributed by atoms with Crippen molar-refractivity contribution in [2.75, 3.05) is 6.54 Å². The molecule has 2 aromatic carbocycles. The smallest absolute Gasteiger partial charge is 0.240 e. The van der Waals surface area contributed by atoms with Crippen molar-refractivity contribution in [2.45, 2.75) is 24.3 Å². The fourth-order valence-electron chi connectivity index (χ4n) is 2.08. The predicted molar refractivity (Wildman–Crippen MR) is 87.4 cm³/mol. The van der Waals surface area contributed by atoms with Crippen molar-refractivity contribution >= 4 is 21.6 Å². The summed E-state index contributed by atoms with van der Waals surface area (Å²) in [5, 5.41) is 10.6. The molecular weight excluding hydrogens is 322 g/mol. The first kappa shape index (κ1) is 17.0. The Morgan fingerprint density at radius 3 is 2.59 bits per heavy atom. The number of halogens is 1. The number of hydrogen-bond donors (Lipinski definition) is 2. The summed E-state index contributed by atoms with van der Waals surface area (Å²) in [5.74, 6) is 0. The highest BCUT2D eigenvalue weighted by molar-refractivity contribution is 7.89. The topological polar surface area (TPSA) is 66.4 Å². The minimum atomic E-state index is -3.56. The second kappa shape index (κ2) is 7.24. The maximum atomic E-state index is 12.1. The molecule has 0 heterocycles. The lowest BCUT2D eigenvalue weighted by molar-refractivity contribution is 0.169. The van der Waals surface area contributed by atoms with Crippen molar-refractivity contribution in [2.24, 2.45) is 0 Å². The average Bonchev–Trinajstić information content (AvgIpc) is 2.47. The van der Waals surface area contributed by atoms with Crippen LogP contribution in [-0.4, -0.2) is 20.1 Å². The molecule has 0 saturated heterocycles. The Bertz CT molecular complexity index is 747. The SMILES string of the molecule is Cc1cccc(S(=O)(=O)NCC[C@@H](O)c2cccc(Cl)c2)c1. The molecule has 0 bridgehead atoms. The van der Waals surface area contributed by atoms with Gasteiger partial charge in [0.05, 0.1) is 11.0 Å². The molecule has 0 unspecified atom stereocenters. The van der Waals surface area contributed by atoms with Gasteiger partial charge in [-0.2, -0.15) is 0 Å². The third-order valence-electron chi connectivity index (χ3n) is 3.24. The molecule has 0 amide bonds. The van der Waals surface area contributed by atoms with Gasteiger partial charge in [-0.05, 0) is 48.7 Å². The van der Waals surface area contributed by atoms with E-state index in [1.165, 1.54) is 0 Å². The molecule has 22 heavy (non-hydrogen) atoms. The summed E-state index contributed by atoms with van der Waals surface area (Å²) in [5.41, 5.74) is 1.55. The molecule has 4 nitrogen and oxygen atoms in total. The van der Waals surface area contributed by atoms with Crippen LogP contribution >= 0.6 is 11.6 Å². The first-order valence-electron chi connectivity index (χ1n) is 6.88. The van der Waals surface area contributed by atoms with Gasteiger partial charge >= 0.3 is 0 Å². The second-order valence-electron chi connectivity index (χ2n) is 5.07. The van der Waals surface area contributed by atoms with E-state index in [0.717, 1.165) is 5.56 Å². The van der Waals surface area contributed by atoms with Gasteiger partial charge in [0.25, 0.3) is 0 Å². The summed E-state index contributed by atoms with van der Waals surface area (Å²) < 4.78 is 26.8. The molecule has 2 N–H and O–H groups in total. The number of rotatable bonds is 6. The molecule has 2 rings (SSSR count). The zero-order valence-electron chi connectivity index (χ0n) is 12.2. The summed E-state index contributed by atoms with van der Waals surface area (Å²) in [7, 11) is -3.56. The number of sulfonamides is 1. The van der Waals surface area contributed by atoms with E-state index in [9.17, 15) is 13.5 Å². The fraction of sp³-hybridized carbons (Fsp3) is 0.250. The molecular formula is C16H18ClNO3S. The lowest BCUT2D eigenvalue weighted by Crippen LogP contribution is -2.26. The normalized spacial score (nSPS) is 13.0. The highest BCUT2D eigenvalue weighted by atomic mass is 35.5. The lowest BCUT2D eigenvalue weighted by atomic mass is 10.1. The Morgan fingerprint density at radius 2 is 1.91 bits per heavy atom. The number of benzene rings is 2. The van der Waals surface area contributed by atoms with Gasteiger partial charge in [-0.25, -0.2) is 13.1 Å². The van der Waals surface area contributed by atoms with Crippen molar-refractivity contribution in [3.8, 4) is 0 Å². The molecule has 118 valence electrons. The third-order valence-corrected chi connectivity index (χ3v) is 4.94. The number of aliphatic hydroxyl groups is 1. The van der Waals surface area contributed by atoms with E-state index in [-0.39, 0.29) is 17.9 Å². The van der Waals surface area contributed by atoms with E-state index in [2.05, 4.69) is 4.72 Å². The quantitative estimate of drug-likeness (QED) is 0.850. The molecule has 0 aliphatic heterocycles. The number of aryl methyl sites for hydroxylation is 1. The summed E-state index contributed by atoms with van der Waals surface area (Å²) in [6.45, 7) is 1.98. The van der Waals surface area contributed by atoms with Crippen molar-refractivity contribution in [3.05, 3.63) is 64.7 Å². The standard InChI is InChI=1S/C16H18ClNO3S/c1-12-4-2-7-15(10-12)22(20,21)18-9-8-16(19)13-5-3-6-14(17)11-13/h2-7,10-11,16,18-19H,8-9H2,1H3/t16-/m1/s1. The minimum Gasteiger partial charge on any atom is -0.388 e. The maximum absolute atomic E-state index is 12.1. The first-order chi connectivity index (χ1) is 10.4. The number of hydrogen-bond acceptors (Lipinski definition) is 3. The van der Waals surface area contributed by atoms with E-state index < -0.39 is 16.1 Å². The average molecular weight is 340 g/mol. The van der Waals surface area contributed by atoms with Gasteiger partial charge < -0.3 is 5.11 Å². The summed E-state index contributed by atoms with van der Waals surface area (Å²) in [4.78, 5) is 0.227. The predicted octanol–water partition coefficient (Wildman–Crippen LogP) is 3.05. The second-order valence-corrected chi connectivity index (χ2v) is 7.28. The van der Waals surface area contributed by atoms with Gasteiger partial charge in [0.15, 0.2) is 0 Å².